The van der Waals surface area contributed by atoms with Gasteiger partial charge in [0.05, 0.1) is 0 Å². The number of benzene rings is 2. The Hall–Kier alpha value is -1.18. The summed E-state index contributed by atoms with van der Waals surface area (Å²) in [5, 5.41) is 0. The molecule has 0 saturated carbocycles. The minimum atomic E-state index is 0. The van der Waals surface area contributed by atoms with Crippen LogP contribution in [0.1, 0.15) is 64.7 Å². The van der Waals surface area contributed by atoms with Crippen molar-refractivity contribution in [1.29, 1.82) is 0 Å². The Morgan fingerprint density at radius 1 is 1.00 bits per heavy atom. The summed E-state index contributed by atoms with van der Waals surface area (Å²) in [5.41, 5.74) is 5.75. The van der Waals surface area contributed by atoms with Crippen molar-refractivity contribution < 1.29 is 35.0 Å². The number of aryl methyl sites for hydroxylation is 2. The van der Waals surface area contributed by atoms with Crippen LogP contribution in [-0.2, 0) is 17.9 Å². The van der Waals surface area contributed by atoms with Gasteiger partial charge in [0.2, 0.25) is 0 Å². The number of hydrogen-bond acceptors (Lipinski definition) is 2. The molecule has 30 heavy (non-hydrogen) atoms. The van der Waals surface area contributed by atoms with Crippen molar-refractivity contribution in [2.45, 2.75) is 73.5 Å². The first-order chi connectivity index (χ1) is 13.5. The van der Waals surface area contributed by atoms with E-state index in [1.54, 1.807) is 0 Å². The van der Waals surface area contributed by atoms with E-state index in [0.29, 0.717) is 0 Å². The zero-order chi connectivity index (χ0) is 21.8. The second-order valence-electron chi connectivity index (χ2n) is 9.52. The smallest absolute Gasteiger partial charge is 0.0134 e. The summed E-state index contributed by atoms with van der Waals surface area (Å²) in [7, 11) is 0. The van der Waals surface area contributed by atoms with Gasteiger partial charge in [-0.25, -0.2) is 6.54 Å². The van der Waals surface area contributed by atoms with E-state index in [9.17, 15) is 0 Å². The van der Waals surface area contributed by atoms with Crippen LogP contribution in [0.15, 0.2) is 42.5 Å². The van der Waals surface area contributed by atoms with E-state index < -0.39 is 0 Å². The van der Waals surface area contributed by atoms with Crippen molar-refractivity contribution in [2.75, 3.05) is 4.90 Å². The van der Waals surface area contributed by atoms with Gasteiger partial charge in [-0.3, -0.25) is 0 Å². The Bertz CT molecular complexity index is 824. The van der Waals surface area contributed by atoms with Crippen LogP contribution in [0.3, 0.4) is 0 Å². The molecule has 1 saturated heterocycles. The minimum Gasteiger partial charge on any atom is -1.00 e. The summed E-state index contributed by atoms with van der Waals surface area (Å²) >= 11 is 2.49. The second kappa shape index (κ2) is 10.9. The van der Waals surface area contributed by atoms with E-state index in [-0.39, 0.29) is 29.5 Å². The fourth-order valence-corrected chi connectivity index (χ4v) is 4.66. The molecule has 1 aliphatic rings. The largest absolute Gasteiger partial charge is 1.00 e. The maximum Gasteiger partial charge on any atom is 0.0134 e. The zero-order valence-electron chi connectivity index (χ0n) is 19.6. The standard InChI is InChI=1S/C16H24N.C10H12O.ClH.Ru/c1-12-8-7-9-13(2)14(12)17-11-15(3,4)10-16(17,5)6;1-8(2)11-10-7-5-4-6-9(10)3;;/h7-9,11H,10H2,1-6H3;3-8H,1-2H3;1H;/q-1;;;+1/p-1. The summed E-state index contributed by atoms with van der Waals surface area (Å²) in [4.78, 5) is 2.48. The van der Waals surface area contributed by atoms with Gasteiger partial charge in [-0.05, 0) is 38.8 Å². The molecule has 0 atom stereocenters. The van der Waals surface area contributed by atoms with Crippen LogP contribution in [0.2, 0.25) is 0 Å². The normalized spacial score (nSPS) is 16.4. The van der Waals surface area contributed by atoms with E-state index in [1.807, 2.05) is 42.7 Å². The van der Waals surface area contributed by atoms with Gasteiger partial charge in [-0.1, -0.05) is 38.5 Å². The quantitative estimate of drug-likeness (QED) is 0.456. The Morgan fingerprint density at radius 3 is 2.03 bits per heavy atom. The molecule has 3 rings (SSSR count). The third-order valence-electron chi connectivity index (χ3n) is 5.09. The second-order valence-corrected chi connectivity index (χ2v) is 10.0. The molecular formula is C26H36ClNORu-. The van der Waals surface area contributed by atoms with Gasteiger partial charge < -0.3 is 17.3 Å². The number of rotatable bonds is 4. The maximum absolute atomic E-state index is 5.59. The van der Waals surface area contributed by atoms with Gasteiger partial charge in [-0.2, -0.15) is 0 Å². The van der Waals surface area contributed by atoms with Crippen molar-refractivity contribution in [3.63, 3.8) is 0 Å². The third kappa shape index (κ3) is 6.92. The molecule has 0 unspecified atom stereocenters. The summed E-state index contributed by atoms with van der Waals surface area (Å²) in [5.74, 6) is 0.950. The molecule has 167 valence electrons. The van der Waals surface area contributed by atoms with Gasteiger partial charge in [0.25, 0.3) is 0 Å². The molecule has 0 aromatic heterocycles. The van der Waals surface area contributed by atoms with Gasteiger partial charge in [-0.15, -0.1) is 5.41 Å². The fraction of sp³-hybridized carbons (Fsp3) is 0.462. The van der Waals surface area contributed by atoms with E-state index in [0.717, 1.165) is 11.3 Å². The topological polar surface area (TPSA) is 12.5 Å². The molecule has 4 heteroatoms. The summed E-state index contributed by atoms with van der Waals surface area (Å²) in [6.07, 6.45) is 1.44. The molecular weight excluding hydrogens is 479 g/mol. The minimum absolute atomic E-state index is 0. The molecule has 0 spiro atoms. The van der Waals surface area contributed by atoms with Crippen LogP contribution < -0.4 is 22.0 Å². The number of para-hydroxylation sites is 2. The predicted molar refractivity (Wildman–Crippen MR) is 123 cm³/mol. The Morgan fingerprint density at radius 2 is 1.57 bits per heavy atom. The first kappa shape index (κ1) is 26.9. The van der Waals surface area contributed by atoms with Crippen molar-refractivity contribution in [1.82, 2.24) is 0 Å². The van der Waals surface area contributed by atoms with Crippen LogP contribution in [-0.4, -0.2) is 16.3 Å². The van der Waals surface area contributed by atoms with Crippen molar-refractivity contribution in [2.24, 2.45) is 5.41 Å². The molecule has 0 amide bonds. The van der Waals surface area contributed by atoms with Gasteiger partial charge >= 0.3 is 82.7 Å². The van der Waals surface area contributed by atoms with Crippen LogP contribution in [0, 0.1) is 25.8 Å². The first-order valence-corrected chi connectivity index (χ1v) is 11.4. The number of nitrogens with zero attached hydrogens (tertiary/aromatic N) is 1. The third-order valence-corrected chi connectivity index (χ3v) is 5.63. The first-order valence-electron chi connectivity index (χ1n) is 10.4. The molecule has 1 heterocycles. The fourth-order valence-electron chi connectivity index (χ4n) is 4.25. The number of hydrogen-bond donors (Lipinski definition) is 0. The maximum atomic E-state index is 5.59. The predicted octanol–water partition coefficient (Wildman–Crippen LogP) is 3.66. The number of anilines is 1. The molecule has 0 radical (unpaired) electrons. The van der Waals surface area contributed by atoms with Gasteiger partial charge in [0.1, 0.15) is 0 Å². The van der Waals surface area contributed by atoms with Crippen molar-refractivity contribution in [3.8, 4) is 5.75 Å². The van der Waals surface area contributed by atoms with Crippen LogP contribution >= 0.6 is 0 Å². The Kier molecular flexibility index (Phi) is 9.77. The molecule has 1 fully saturated rings. The Balaban J connectivity index is 0.000000308. The molecule has 0 bridgehead atoms. The summed E-state index contributed by atoms with van der Waals surface area (Å²) in [6.45, 7) is 20.2. The number of halogens is 1. The van der Waals surface area contributed by atoms with Gasteiger partial charge in [0, 0.05) is 11.2 Å². The molecule has 2 aromatic carbocycles. The van der Waals surface area contributed by atoms with E-state index in [1.165, 1.54) is 23.2 Å². The van der Waals surface area contributed by atoms with Gasteiger partial charge in [0.15, 0.2) is 0 Å². The molecule has 0 aliphatic carbocycles. The van der Waals surface area contributed by atoms with Crippen LogP contribution in [0.5, 0.6) is 5.75 Å². The van der Waals surface area contributed by atoms with E-state index in [2.05, 4.69) is 89.0 Å². The van der Waals surface area contributed by atoms with Crippen LogP contribution in [0.25, 0.3) is 0 Å². The van der Waals surface area contributed by atoms with Crippen LogP contribution in [0.4, 0.5) is 5.69 Å². The molecule has 2 aromatic rings. The molecule has 0 N–H and O–H groups in total. The summed E-state index contributed by atoms with van der Waals surface area (Å²) < 4.78 is 7.58. The zero-order valence-corrected chi connectivity index (χ0v) is 22.1. The SMILES string of the molecule is CC(C)Oc1ccccc1[CH]=[Ru+].Cc1cccc(C)c1N1[CH-]C(C)(C)CC1(C)C.[Cl-]. The average molecular weight is 515 g/mol. The van der Waals surface area contributed by atoms with Crippen molar-refractivity contribution in [3.05, 3.63) is 65.7 Å². The molecule has 1 aliphatic heterocycles. The summed E-state index contributed by atoms with van der Waals surface area (Å²) in [6, 6.07) is 14.6. The number of ether oxygens (including phenoxy) is 1. The van der Waals surface area contributed by atoms with Crippen molar-refractivity contribution >= 4 is 10.3 Å². The Labute approximate surface area is 200 Å². The van der Waals surface area contributed by atoms with E-state index in [4.69, 9.17) is 4.74 Å². The van der Waals surface area contributed by atoms with E-state index >= 15 is 0 Å². The monoisotopic (exact) mass is 515 g/mol. The average Bonchev–Trinajstić information content (AvgIpc) is 2.82. The molecule has 2 nitrogen and oxygen atoms in total.